The van der Waals surface area contributed by atoms with E-state index in [9.17, 15) is 20.1 Å². The second kappa shape index (κ2) is 5.06. The molecule has 3 N–H and O–H groups in total. The van der Waals surface area contributed by atoms with Crippen LogP contribution in [0.2, 0.25) is 0 Å². The molecule has 1 aliphatic heterocycles. The summed E-state index contributed by atoms with van der Waals surface area (Å²) in [5.41, 5.74) is 1.59. The van der Waals surface area contributed by atoms with Gasteiger partial charge in [0.1, 0.15) is 18.0 Å². The number of rotatable bonds is 2. The van der Waals surface area contributed by atoms with Gasteiger partial charge in [-0.2, -0.15) is 0 Å². The predicted octanol–water partition coefficient (Wildman–Crippen LogP) is 0.497. The van der Waals surface area contributed by atoms with Gasteiger partial charge in [-0.1, -0.05) is 12.1 Å². The van der Waals surface area contributed by atoms with E-state index in [1.165, 1.54) is 7.11 Å². The Labute approximate surface area is 121 Å². The molecule has 1 aromatic carbocycles. The molecular weight excluding hydrogens is 276 g/mol. The zero-order chi connectivity index (χ0) is 15.3. The van der Waals surface area contributed by atoms with Crippen molar-refractivity contribution in [3.63, 3.8) is 0 Å². The summed E-state index contributed by atoms with van der Waals surface area (Å²) in [5.74, 6) is 0.101. The van der Waals surface area contributed by atoms with E-state index in [-0.39, 0.29) is 12.2 Å². The van der Waals surface area contributed by atoms with Crippen molar-refractivity contribution in [2.75, 3.05) is 7.11 Å². The van der Waals surface area contributed by atoms with Crippen LogP contribution in [0.25, 0.3) is 0 Å². The van der Waals surface area contributed by atoms with Crippen LogP contribution in [-0.4, -0.2) is 46.5 Å². The molecule has 114 valence electrons. The Morgan fingerprint density at radius 3 is 2.62 bits per heavy atom. The summed E-state index contributed by atoms with van der Waals surface area (Å²) in [6, 6.07) is 3.34. The van der Waals surface area contributed by atoms with E-state index >= 15 is 0 Å². The number of ketones is 1. The molecule has 21 heavy (non-hydrogen) atoms. The van der Waals surface area contributed by atoms with E-state index < -0.39 is 30.5 Å². The summed E-state index contributed by atoms with van der Waals surface area (Å²) in [6.07, 6.45) is -3.72. The molecule has 0 bridgehead atoms. The summed E-state index contributed by atoms with van der Waals surface area (Å²) in [5, 5.41) is 29.4. The lowest BCUT2D eigenvalue weighted by Gasteiger charge is -2.37. The fraction of sp³-hybridized carbons (Fsp3) is 0.533. The Bertz CT molecular complexity index is 572. The van der Waals surface area contributed by atoms with Gasteiger partial charge in [-0.15, -0.1) is 0 Å². The van der Waals surface area contributed by atoms with Gasteiger partial charge in [-0.25, -0.2) is 0 Å². The molecule has 0 amide bonds. The van der Waals surface area contributed by atoms with Crippen LogP contribution in [0.3, 0.4) is 0 Å². The third-order valence-electron chi connectivity index (χ3n) is 4.27. The smallest absolute Gasteiger partial charge is 0.196 e. The fourth-order valence-corrected chi connectivity index (χ4v) is 3.05. The van der Waals surface area contributed by atoms with Crippen LogP contribution < -0.4 is 4.74 Å². The maximum absolute atomic E-state index is 11.5. The van der Waals surface area contributed by atoms with Gasteiger partial charge < -0.3 is 24.8 Å². The highest BCUT2D eigenvalue weighted by molar-refractivity contribution is 6.10. The van der Waals surface area contributed by atoms with Crippen molar-refractivity contribution in [3.05, 3.63) is 28.8 Å². The number of aliphatic hydroxyl groups is 3. The minimum absolute atomic E-state index is 0.227. The van der Waals surface area contributed by atoms with E-state index in [2.05, 4.69) is 0 Å². The maximum atomic E-state index is 11.5. The Balaban J connectivity index is 1.98. The first kappa shape index (κ1) is 14.5. The molecule has 0 saturated carbocycles. The van der Waals surface area contributed by atoms with Crippen molar-refractivity contribution in [1.82, 2.24) is 0 Å². The molecule has 0 radical (unpaired) electrons. The van der Waals surface area contributed by atoms with Crippen LogP contribution in [-0.2, 0) is 4.74 Å². The third kappa shape index (κ3) is 2.06. The highest BCUT2D eigenvalue weighted by Crippen LogP contribution is 2.46. The van der Waals surface area contributed by atoms with Crippen molar-refractivity contribution < 1.29 is 29.6 Å². The Morgan fingerprint density at radius 2 is 2.00 bits per heavy atom. The predicted molar refractivity (Wildman–Crippen MR) is 72.2 cm³/mol. The Morgan fingerprint density at radius 1 is 1.29 bits per heavy atom. The number of ether oxygens (including phenoxy) is 2. The molecule has 1 saturated heterocycles. The van der Waals surface area contributed by atoms with Gasteiger partial charge in [0.05, 0.1) is 25.4 Å². The van der Waals surface area contributed by atoms with Gasteiger partial charge in [0.2, 0.25) is 0 Å². The van der Waals surface area contributed by atoms with Crippen LogP contribution in [0.1, 0.15) is 47.0 Å². The number of carbonyl (C=O) groups excluding carboxylic acids is 1. The first-order valence-corrected chi connectivity index (χ1v) is 6.90. The summed E-state index contributed by atoms with van der Waals surface area (Å²) in [4.78, 5) is 11.5. The highest BCUT2D eigenvalue weighted by Gasteiger charge is 2.41. The van der Waals surface area contributed by atoms with Crippen molar-refractivity contribution in [2.45, 2.75) is 43.9 Å². The van der Waals surface area contributed by atoms with E-state index in [1.807, 2.05) is 0 Å². The molecule has 1 aromatic rings. The maximum Gasteiger partial charge on any atom is 0.196 e. The first-order valence-electron chi connectivity index (χ1n) is 6.90. The lowest BCUT2D eigenvalue weighted by molar-refractivity contribution is -0.163. The average Bonchev–Trinajstić information content (AvgIpc) is 2.49. The molecule has 0 aromatic heterocycles. The zero-order valence-corrected chi connectivity index (χ0v) is 11.8. The highest BCUT2D eigenvalue weighted by atomic mass is 16.5. The molecular formula is C15H18O6. The first-order chi connectivity index (χ1) is 9.95. The van der Waals surface area contributed by atoms with Crippen molar-refractivity contribution in [3.8, 4) is 5.75 Å². The van der Waals surface area contributed by atoms with Gasteiger partial charge in [0.25, 0.3) is 0 Å². The fourth-order valence-electron chi connectivity index (χ4n) is 3.05. The van der Waals surface area contributed by atoms with Crippen molar-refractivity contribution in [1.29, 1.82) is 0 Å². The van der Waals surface area contributed by atoms with E-state index in [0.717, 1.165) is 0 Å². The lowest BCUT2D eigenvalue weighted by Crippen LogP contribution is -2.44. The summed E-state index contributed by atoms with van der Waals surface area (Å²) in [6.45, 7) is 1.69. The Hall–Kier alpha value is -1.47. The topological polar surface area (TPSA) is 96.2 Å². The number of hydrogen-bond acceptors (Lipinski definition) is 6. The normalized spacial score (nSPS) is 35.1. The molecule has 3 rings (SSSR count). The molecule has 1 fully saturated rings. The summed E-state index contributed by atoms with van der Waals surface area (Å²) >= 11 is 0. The largest absolute Gasteiger partial charge is 0.496 e. The summed E-state index contributed by atoms with van der Waals surface area (Å²) in [7, 11) is 1.46. The lowest BCUT2D eigenvalue weighted by atomic mass is 9.80. The monoisotopic (exact) mass is 294 g/mol. The molecule has 1 unspecified atom stereocenters. The number of aliphatic hydroxyl groups excluding tert-OH is 3. The quantitative estimate of drug-likeness (QED) is 0.735. The minimum atomic E-state index is -1.16. The third-order valence-corrected chi connectivity index (χ3v) is 4.27. The van der Waals surface area contributed by atoms with Crippen LogP contribution >= 0.6 is 0 Å². The van der Waals surface area contributed by atoms with Gasteiger partial charge in [0.15, 0.2) is 5.78 Å². The standard InChI is InChI=1S/C15H18O6/c1-6-12(17)9(16)5-10(21-6)7-3-4-8-11(15(7)20-2)14(19)13(8)18/h3-4,6,9-10,12,14,16-17,19H,5H2,1-2H3/t6-,9-,10-,12-,14?/m1/s1. The molecule has 6 heteroatoms. The Kier molecular flexibility index (Phi) is 3.49. The van der Waals surface area contributed by atoms with E-state index in [0.29, 0.717) is 22.4 Å². The van der Waals surface area contributed by atoms with Gasteiger partial charge in [-0.3, -0.25) is 4.79 Å². The van der Waals surface area contributed by atoms with Crippen LogP contribution in [0, 0.1) is 0 Å². The van der Waals surface area contributed by atoms with Crippen molar-refractivity contribution in [2.24, 2.45) is 0 Å². The average molecular weight is 294 g/mol. The molecule has 1 aliphatic carbocycles. The minimum Gasteiger partial charge on any atom is -0.496 e. The van der Waals surface area contributed by atoms with Gasteiger partial charge in [0, 0.05) is 23.1 Å². The van der Waals surface area contributed by atoms with Crippen LogP contribution in [0.4, 0.5) is 0 Å². The number of carbonyl (C=O) groups is 1. The molecule has 6 nitrogen and oxygen atoms in total. The molecule has 1 heterocycles. The number of hydrogen-bond donors (Lipinski definition) is 3. The number of benzene rings is 1. The molecule has 5 atom stereocenters. The number of Topliss-reactive ketones (excluding diaryl/α,β-unsaturated/α-hetero) is 1. The van der Waals surface area contributed by atoms with Gasteiger partial charge >= 0.3 is 0 Å². The van der Waals surface area contributed by atoms with Crippen LogP contribution in [0.15, 0.2) is 12.1 Å². The molecule has 2 aliphatic rings. The van der Waals surface area contributed by atoms with Crippen LogP contribution in [0.5, 0.6) is 5.75 Å². The molecule has 0 spiro atoms. The zero-order valence-electron chi connectivity index (χ0n) is 11.8. The van der Waals surface area contributed by atoms with Crippen molar-refractivity contribution >= 4 is 5.78 Å². The number of methoxy groups -OCH3 is 1. The van der Waals surface area contributed by atoms with Gasteiger partial charge in [-0.05, 0) is 6.92 Å². The van der Waals surface area contributed by atoms with E-state index in [4.69, 9.17) is 9.47 Å². The second-order valence-corrected chi connectivity index (χ2v) is 5.54. The summed E-state index contributed by atoms with van der Waals surface area (Å²) < 4.78 is 11.1. The number of fused-ring (bicyclic) bond motifs is 1. The second-order valence-electron chi connectivity index (χ2n) is 5.54. The SMILES string of the molecule is COc1c([C@H]2C[C@@H](O)[C@H](O)[C@@H](C)O2)ccc2c1C(O)C2=O. The van der Waals surface area contributed by atoms with E-state index in [1.54, 1.807) is 19.1 Å².